The van der Waals surface area contributed by atoms with Gasteiger partial charge in [0.15, 0.2) is 0 Å². The maximum absolute atomic E-state index is 12.6. The molecule has 3 aliphatic rings. The van der Waals surface area contributed by atoms with E-state index in [0.29, 0.717) is 12.8 Å². The lowest BCUT2D eigenvalue weighted by Gasteiger charge is -2.58. The van der Waals surface area contributed by atoms with Crippen LogP contribution in [0.3, 0.4) is 0 Å². The van der Waals surface area contributed by atoms with Crippen molar-refractivity contribution in [3.63, 3.8) is 0 Å². The summed E-state index contributed by atoms with van der Waals surface area (Å²) in [5, 5.41) is 22.3. The summed E-state index contributed by atoms with van der Waals surface area (Å²) in [6, 6.07) is 0. The standard InChI is InChI=1S/C16H26O5/c1-8-6-9(17)11-14(2,3)7-15(4)13(18)21-12(20-5)10(8)16(11,15)19/h8-12,17,19H,6-7H2,1-5H3/t8-,9+,10-,11+,12+,15-,16-/m1/s1. The number of aliphatic hydroxyl groups is 2. The van der Waals surface area contributed by atoms with Gasteiger partial charge in [0.25, 0.3) is 0 Å². The zero-order valence-electron chi connectivity index (χ0n) is 13.4. The number of ether oxygens (including phenoxy) is 2. The van der Waals surface area contributed by atoms with Crippen molar-refractivity contribution in [3.8, 4) is 0 Å². The van der Waals surface area contributed by atoms with E-state index in [1.165, 1.54) is 7.11 Å². The molecule has 2 saturated carbocycles. The Balaban J connectivity index is 2.21. The van der Waals surface area contributed by atoms with Crippen molar-refractivity contribution in [2.75, 3.05) is 7.11 Å². The summed E-state index contributed by atoms with van der Waals surface area (Å²) in [5.74, 6) is -1.04. The topological polar surface area (TPSA) is 76.0 Å². The Morgan fingerprint density at radius 1 is 1.33 bits per heavy atom. The number of cyclic esters (lactones) is 1. The first-order valence-electron chi connectivity index (χ1n) is 7.74. The lowest BCUT2D eigenvalue weighted by molar-refractivity contribution is -0.301. The Hall–Kier alpha value is -0.650. The summed E-state index contributed by atoms with van der Waals surface area (Å²) in [6.07, 6.45) is -0.249. The van der Waals surface area contributed by atoms with Crippen LogP contribution in [0.4, 0.5) is 0 Å². The molecule has 5 heteroatoms. The SMILES string of the molecule is CO[C@H]1OC(=O)[C@@]2(C)CC(C)(C)[C@@H]3[C@@H](O)C[C@@H](C)[C@H]1[C@@]32O. The Morgan fingerprint density at radius 2 is 1.95 bits per heavy atom. The van der Waals surface area contributed by atoms with Gasteiger partial charge in [-0.2, -0.15) is 0 Å². The number of carbonyl (C=O) groups is 1. The van der Waals surface area contributed by atoms with E-state index in [9.17, 15) is 15.0 Å². The van der Waals surface area contributed by atoms with Gasteiger partial charge in [-0.25, -0.2) is 0 Å². The van der Waals surface area contributed by atoms with Gasteiger partial charge in [-0.1, -0.05) is 20.8 Å². The normalized spacial score (nSPS) is 55.0. The third-order valence-corrected chi connectivity index (χ3v) is 6.33. The zero-order valence-corrected chi connectivity index (χ0v) is 13.4. The molecule has 7 atom stereocenters. The van der Waals surface area contributed by atoms with Crippen molar-refractivity contribution in [2.45, 2.75) is 58.5 Å². The molecule has 0 bridgehead atoms. The highest BCUT2D eigenvalue weighted by atomic mass is 16.7. The zero-order chi connectivity index (χ0) is 15.8. The fraction of sp³-hybridized carbons (Fsp3) is 0.938. The lowest BCUT2D eigenvalue weighted by atomic mass is 9.54. The van der Waals surface area contributed by atoms with Crippen molar-refractivity contribution >= 4 is 5.97 Å². The van der Waals surface area contributed by atoms with E-state index in [1.807, 2.05) is 20.8 Å². The van der Waals surface area contributed by atoms with E-state index < -0.39 is 29.4 Å². The van der Waals surface area contributed by atoms with Crippen molar-refractivity contribution in [2.24, 2.45) is 28.6 Å². The predicted octanol–water partition coefficient (Wildman–Crippen LogP) is 1.32. The highest BCUT2D eigenvalue weighted by Gasteiger charge is 2.77. The van der Waals surface area contributed by atoms with E-state index in [-0.39, 0.29) is 23.2 Å². The Labute approximate surface area is 125 Å². The van der Waals surface area contributed by atoms with E-state index in [2.05, 4.69) is 0 Å². The first-order chi connectivity index (χ1) is 9.59. The Morgan fingerprint density at radius 3 is 2.52 bits per heavy atom. The molecule has 0 unspecified atom stereocenters. The number of methoxy groups -OCH3 is 1. The van der Waals surface area contributed by atoms with Gasteiger partial charge in [0.2, 0.25) is 6.29 Å². The van der Waals surface area contributed by atoms with Crippen LogP contribution in [0.15, 0.2) is 0 Å². The molecule has 3 fully saturated rings. The molecule has 0 radical (unpaired) electrons. The van der Waals surface area contributed by atoms with E-state index in [1.54, 1.807) is 6.92 Å². The van der Waals surface area contributed by atoms with Crippen LogP contribution in [0.5, 0.6) is 0 Å². The third-order valence-electron chi connectivity index (χ3n) is 6.33. The molecule has 0 spiro atoms. The molecular formula is C16H26O5. The fourth-order valence-corrected chi connectivity index (χ4v) is 5.80. The molecule has 0 aromatic rings. The second kappa shape index (κ2) is 4.21. The molecule has 1 saturated heterocycles. The van der Waals surface area contributed by atoms with E-state index >= 15 is 0 Å². The quantitative estimate of drug-likeness (QED) is 0.714. The van der Waals surface area contributed by atoms with Gasteiger partial charge >= 0.3 is 5.97 Å². The fourth-order valence-electron chi connectivity index (χ4n) is 5.80. The molecule has 1 aliphatic heterocycles. The van der Waals surface area contributed by atoms with Crippen molar-refractivity contribution in [1.82, 2.24) is 0 Å². The first-order valence-corrected chi connectivity index (χ1v) is 7.74. The van der Waals surface area contributed by atoms with Gasteiger partial charge in [-0.3, -0.25) is 4.79 Å². The summed E-state index contributed by atoms with van der Waals surface area (Å²) in [4.78, 5) is 12.6. The molecule has 2 aliphatic carbocycles. The van der Waals surface area contributed by atoms with Crippen LogP contribution in [0.2, 0.25) is 0 Å². The van der Waals surface area contributed by atoms with E-state index in [4.69, 9.17) is 9.47 Å². The molecule has 2 N–H and O–H groups in total. The van der Waals surface area contributed by atoms with Gasteiger partial charge in [0, 0.05) is 13.0 Å². The summed E-state index contributed by atoms with van der Waals surface area (Å²) in [5.41, 5.74) is -2.61. The molecule has 120 valence electrons. The van der Waals surface area contributed by atoms with Crippen LogP contribution in [0, 0.1) is 28.6 Å². The van der Waals surface area contributed by atoms with Gasteiger partial charge in [-0.05, 0) is 31.1 Å². The summed E-state index contributed by atoms with van der Waals surface area (Å²) in [6.45, 7) is 7.80. The summed E-state index contributed by atoms with van der Waals surface area (Å²) < 4.78 is 10.9. The average Bonchev–Trinajstić information content (AvgIpc) is 2.51. The minimum Gasteiger partial charge on any atom is -0.435 e. The van der Waals surface area contributed by atoms with Crippen LogP contribution < -0.4 is 0 Å². The third kappa shape index (κ3) is 1.60. The molecule has 0 amide bonds. The van der Waals surface area contributed by atoms with Crippen LogP contribution in [-0.2, 0) is 14.3 Å². The molecule has 1 heterocycles. The smallest absolute Gasteiger partial charge is 0.317 e. The maximum atomic E-state index is 12.6. The lowest BCUT2D eigenvalue weighted by Crippen LogP contribution is -2.70. The number of esters is 1. The average molecular weight is 298 g/mol. The van der Waals surface area contributed by atoms with Crippen molar-refractivity contribution < 1.29 is 24.5 Å². The highest BCUT2D eigenvalue weighted by Crippen LogP contribution is 2.68. The molecule has 5 nitrogen and oxygen atoms in total. The van der Waals surface area contributed by atoms with Crippen molar-refractivity contribution in [3.05, 3.63) is 0 Å². The van der Waals surface area contributed by atoms with Crippen LogP contribution in [-0.4, -0.2) is 41.3 Å². The number of hydrogen-bond acceptors (Lipinski definition) is 5. The van der Waals surface area contributed by atoms with Crippen LogP contribution in [0.25, 0.3) is 0 Å². The number of aliphatic hydroxyl groups excluding tert-OH is 1. The van der Waals surface area contributed by atoms with Gasteiger partial charge < -0.3 is 19.7 Å². The number of hydrogen-bond donors (Lipinski definition) is 2. The van der Waals surface area contributed by atoms with Gasteiger partial charge in [-0.15, -0.1) is 0 Å². The maximum Gasteiger partial charge on any atom is 0.317 e. The van der Waals surface area contributed by atoms with Crippen LogP contribution >= 0.6 is 0 Å². The molecule has 0 aromatic carbocycles. The molecular weight excluding hydrogens is 272 g/mol. The largest absolute Gasteiger partial charge is 0.435 e. The molecule has 21 heavy (non-hydrogen) atoms. The minimum absolute atomic E-state index is 0.0209. The Bertz CT molecular complexity index is 475. The number of carbonyl (C=O) groups excluding carboxylic acids is 1. The second-order valence-corrected chi connectivity index (χ2v) is 8.12. The first kappa shape index (κ1) is 15.3. The van der Waals surface area contributed by atoms with Gasteiger partial charge in [0.1, 0.15) is 0 Å². The second-order valence-electron chi connectivity index (χ2n) is 8.12. The highest BCUT2D eigenvalue weighted by molar-refractivity contribution is 5.80. The monoisotopic (exact) mass is 298 g/mol. The summed E-state index contributed by atoms with van der Waals surface area (Å²) in [7, 11) is 1.50. The van der Waals surface area contributed by atoms with Gasteiger partial charge in [0.05, 0.1) is 23.0 Å². The van der Waals surface area contributed by atoms with Crippen LogP contribution in [0.1, 0.15) is 40.5 Å². The number of rotatable bonds is 1. The predicted molar refractivity (Wildman–Crippen MR) is 75.1 cm³/mol. The minimum atomic E-state index is -1.29. The molecule has 3 rings (SSSR count). The van der Waals surface area contributed by atoms with E-state index in [0.717, 1.165) is 0 Å². The summed E-state index contributed by atoms with van der Waals surface area (Å²) >= 11 is 0. The van der Waals surface area contributed by atoms with Crippen molar-refractivity contribution in [1.29, 1.82) is 0 Å². The Kier molecular flexibility index (Phi) is 3.06. The molecule has 0 aromatic heterocycles.